The summed E-state index contributed by atoms with van der Waals surface area (Å²) in [6.45, 7) is 2.16. The molecule has 0 aliphatic carbocycles. The van der Waals surface area contributed by atoms with Gasteiger partial charge >= 0.3 is 0 Å². The summed E-state index contributed by atoms with van der Waals surface area (Å²) in [5, 5.41) is 0. The Bertz CT molecular complexity index is 572. The van der Waals surface area contributed by atoms with E-state index < -0.39 is 0 Å². The second kappa shape index (κ2) is 8.38. The largest absolute Gasteiger partial charge is 0.497 e. The number of carbonyl (C=O) groups is 1. The molecule has 0 radical (unpaired) electrons. The Morgan fingerprint density at radius 3 is 2.32 bits per heavy atom. The van der Waals surface area contributed by atoms with Gasteiger partial charge in [0, 0.05) is 11.5 Å². The zero-order valence-electron chi connectivity index (χ0n) is 13.4. The molecule has 0 spiro atoms. The Labute approximate surface area is 133 Å². The molecular formula is C20H24O2. The third-order valence-corrected chi connectivity index (χ3v) is 3.98. The molecular weight excluding hydrogens is 272 g/mol. The van der Waals surface area contributed by atoms with E-state index in [9.17, 15) is 4.79 Å². The van der Waals surface area contributed by atoms with Crippen LogP contribution < -0.4 is 4.74 Å². The third kappa shape index (κ3) is 4.45. The van der Waals surface area contributed by atoms with E-state index in [1.807, 2.05) is 42.5 Å². The van der Waals surface area contributed by atoms with Gasteiger partial charge in [-0.05, 0) is 42.7 Å². The van der Waals surface area contributed by atoms with E-state index in [0.717, 1.165) is 37.0 Å². The molecule has 2 rings (SSSR count). The second-order valence-corrected chi connectivity index (χ2v) is 5.62. The first-order valence-corrected chi connectivity index (χ1v) is 7.96. The number of unbranched alkanes of at least 4 members (excludes halogenated alkanes) is 1. The minimum Gasteiger partial charge on any atom is -0.497 e. The number of benzene rings is 2. The molecule has 0 amide bonds. The van der Waals surface area contributed by atoms with Crippen LogP contribution in [0.3, 0.4) is 0 Å². The van der Waals surface area contributed by atoms with Gasteiger partial charge in [-0.25, -0.2) is 0 Å². The Morgan fingerprint density at radius 1 is 1.05 bits per heavy atom. The van der Waals surface area contributed by atoms with Crippen LogP contribution in [0.5, 0.6) is 5.75 Å². The van der Waals surface area contributed by atoms with Crippen LogP contribution in [0.4, 0.5) is 0 Å². The van der Waals surface area contributed by atoms with Crippen LogP contribution >= 0.6 is 0 Å². The molecule has 1 atom stereocenters. The molecule has 0 aliphatic heterocycles. The van der Waals surface area contributed by atoms with Gasteiger partial charge in [-0.3, -0.25) is 4.79 Å². The molecule has 2 heteroatoms. The lowest BCUT2D eigenvalue weighted by Gasteiger charge is -2.16. The monoisotopic (exact) mass is 296 g/mol. The number of methoxy groups -OCH3 is 1. The number of Topliss-reactive ketones (excluding diaryl/α,β-unsaturated/α-hetero) is 1. The first-order valence-electron chi connectivity index (χ1n) is 7.96. The summed E-state index contributed by atoms with van der Waals surface area (Å²) in [6, 6.07) is 17.7. The highest BCUT2D eigenvalue weighted by atomic mass is 16.5. The van der Waals surface area contributed by atoms with Crippen LogP contribution in [0, 0.1) is 5.92 Å². The van der Waals surface area contributed by atoms with E-state index in [1.54, 1.807) is 7.11 Å². The number of hydrogen-bond acceptors (Lipinski definition) is 2. The summed E-state index contributed by atoms with van der Waals surface area (Å²) in [7, 11) is 1.64. The van der Waals surface area contributed by atoms with Crippen LogP contribution in [0.25, 0.3) is 0 Å². The fraction of sp³-hybridized carbons (Fsp3) is 0.350. The lowest BCUT2D eigenvalue weighted by Crippen LogP contribution is -2.17. The molecule has 0 bridgehead atoms. The van der Waals surface area contributed by atoms with Crippen molar-refractivity contribution in [2.45, 2.75) is 32.6 Å². The average molecular weight is 296 g/mol. The predicted octanol–water partition coefficient (Wildman–Crippen LogP) is 4.93. The van der Waals surface area contributed by atoms with Crippen LogP contribution in [0.2, 0.25) is 0 Å². The molecule has 0 aromatic heterocycles. The molecule has 2 aromatic rings. The minimum atomic E-state index is 0.0516. The van der Waals surface area contributed by atoms with Gasteiger partial charge in [0.25, 0.3) is 0 Å². The molecule has 116 valence electrons. The molecule has 0 saturated heterocycles. The fourth-order valence-electron chi connectivity index (χ4n) is 2.67. The van der Waals surface area contributed by atoms with Crippen molar-refractivity contribution in [3.8, 4) is 5.75 Å². The van der Waals surface area contributed by atoms with E-state index in [-0.39, 0.29) is 11.7 Å². The topological polar surface area (TPSA) is 26.3 Å². The molecule has 2 nitrogen and oxygen atoms in total. The zero-order chi connectivity index (χ0) is 15.8. The van der Waals surface area contributed by atoms with Gasteiger partial charge in [0.05, 0.1) is 7.11 Å². The second-order valence-electron chi connectivity index (χ2n) is 5.62. The van der Waals surface area contributed by atoms with Gasteiger partial charge in [-0.2, -0.15) is 0 Å². The number of hydrogen-bond donors (Lipinski definition) is 0. The maximum Gasteiger partial charge on any atom is 0.166 e. The van der Waals surface area contributed by atoms with E-state index in [2.05, 4.69) is 19.1 Å². The molecule has 2 aromatic carbocycles. The first kappa shape index (κ1) is 16.3. The van der Waals surface area contributed by atoms with Crippen LogP contribution in [-0.4, -0.2) is 12.9 Å². The number of carbonyl (C=O) groups excluding carboxylic acids is 1. The van der Waals surface area contributed by atoms with Crippen molar-refractivity contribution in [3.05, 3.63) is 65.7 Å². The van der Waals surface area contributed by atoms with Gasteiger partial charge in [0.15, 0.2) is 5.78 Å². The highest BCUT2D eigenvalue weighted by Gasteiger charge is 2.20. The van der Waals surface area contributed by atoms with E-state index in [4.69, 9.17) is 4.74 Å². The smallest absolute Gasteiger partial charge is 0.166 e. The van der Waals surface area contributed by atoms with Crippen LogP contribution in [0.15, 0.2) is 54.6 Å². The first-order chi connectivity index (χ1) is 10.7. The van der Waals surface area contributed by atoms with E-state index >= 15 is 0 Å². The molecule has 0 N–H and O–H groups in total. The van der Waals surface area contributed by atoms with Crippen LogP contribution in [0.1, 0.15) is 42.1 Å². The lowest BCUT2D eigenvalue weighted by atomic mass is 9.87. The van der Waals surface area contributed by atoms with Gasteiger partial charge in [-0.1, -0.05) is 50.1 Å². The summed E-state index contributed by atoms with van der Waals surface area (Å²) in [4.78, 5) is 12.8. The van der Waals surface area contributed by atoms with Crippen molar-refractivity contribution in [2.24, 2.45) is 5.92 Å². The summed E-state index contributed by atoms with van der Waals surface area (Å²) in [5.74, 6) is 1.07. The molecule has 22 heavy (non-hydrogen) atoms. The highest BCUT2D eigenvalue weighted by Crippen LogP contribution is 2.22. The van der Waals surface area contributed by atoms with Crippen molar-refractivity contribution >= 4 is 5.78 Å². The SMILES string of the molecule is CCCCC(Cc1ccccc1)C(=O)c1ccc(OC)cc1. The van der Waals surface area contributed by atoms with Crippen molar-refractivity contribution in [3.63, 3.8) is 0 Å². The Balaban J connectivity index is 2.14. The van der Waals surface area contributed by atoms with E-state index in [1.165, 1.54) is 5.56 Å². The standard InChI is InChI=1S/C20H24O2/c1-3-4-10-18(15-16-8-6-5-7-9-16)20(21)17-11-13-19(22-2)14-12-17/h5-9,11-14,18H,3-4,10,15H2,1-2H3. The number of rotatable bonds is 8. The van der Waals surface area contributed by atoms with Crippen LogP contribution in [-0.2, 0) is 6.42 Å². The normalized spacial score (nSPS) is 11.9. The maximum absolute atomic E-state index is 12.8. The lowest BCUT2D eigenvalue weighted by molar-refractivity contribution is 0.0910. The summed E-state index contributed by atoms with van der Waals surface area (Å²) in [5.41, 5.74) is 2.00. The van der Waals surface area contributed by atoms with Crippen molar-refractivity contribution < 1.29 is 9.53 Å². The Kier molecular flexibility index (Phi) is 6.20. The Morgan fingerprint density at radius 2 is 1.73 bits per heavy atom. The highest BCUT2D eigenvalue weighted by molar-refractivity contribution is 5.98. The molecule has 0 saturated carbocycles. The summed E-state index contributed by atoms with van der Waals surface area (Å²) < 4.78 is 5.16. The number of ketones is 1. The minimum absolute atomic E-state index is 0.0516. The maximum atomic E-state index is 12.8. The summed E-state index contributed by atoms with van der Waals surface area (Å²) >= 11 is 0. The molecule has 1 unspecified atom stereocenters. The zero-order valence-corrected chi connectivity index (χ0v) is 13.4. The van der Waals surface area contributed by atoms with Crippen molar-refractivity contribution in [1.29, 1.82) is 0 Å². The van der Waals surface area contributed by atoms with Gasteiger partial charge in [-0.15, -0.1) is 0 Å². The molecule has 0 heterocycles. The van der Waals surface area contributed by atoms with Gasteiger partial charge < -0.3 is 4.74 Å². The number of ether oxygens (including phenoxy) is 1. The van der Waals surface area contributed by atoms with Crippen molar-refractivity contribution in [2.75, 3.05) is 7.11 Å². The van der Waals surface area contributed by atoms with Crippen molar-refractivity contribution in [1.82, 2.24) is 0 Å². The average Bonchev–Trinajstić information content (AvgIpc) is 2.59. The predicted molar refractivity (Wildman–Crippen MR) is 90.5 cm³/mol. The van der Waals surface area contributed by atoms with Gasteiger partial charge in [0.2, 0.25) is 0 Å². The van der Waals surface area contributed by atoms with E-state index in [0.29, 0.717) is 0 Å². The quantitative estimate of drug-likeness (QED) is 0.646. The fourth-order valence-corrected chi connectivity index (χ4v) is 2.67. The molecule has 0 aliphatic rings. The Hall–Kier alpha value is -2.09. The molecule has 0 fully saturated rings. The summed E-state index contributed by atoms with van der Waals surface area (Å²) in [6.07, 6.45) is 3.95. The van der Waals surface area contributed by atoms with Gasteiger partial charge in [0.1, 0.15) is 5.75 Å². The third-order valence-electron chi connectivity index (χ3n) is 3.98.